The van der Waals surface area contributed by atoms with Gasteiger partial charge in [-0.2, -0.15) is 0 Å². The highest BCUT2D eigenvalue weighted by Crippen LogP contribution is 2.39. The maximum absolute atomic E-state index is 5.23. The van der Waals surface area contributed by atoms with Gasteiger partial charge in [-0.1, -0.05) is 194 Å². The topological polar surface area (TPSA) is 68.9 Å². The Kier molecular flexibility index (Phi) is 7.71. The minimum Gasteiger partial charge on any atom is -0.277 e. The number of nitrogens with zero attached hydrogens (tertiary/aromatic N) is 6. The summed E-state index contributed by atoms with van der Waals surface area (Å²) in [6, 6.07) is 66.8. The molecule has 0 bridgehead atoms. The quantitative estimate of drug-likeness (QED) is 0.170. The number of hydrogen-bond acceptors (Lipinski definition) is 5. The van der Waals surface area contributed by atoms with E-state index in [0.29, 0.717) is 23.3 Å². The third-order valence-electron chi connectivity index (χ3n) is 10.7. The van der Waals surface area contributed by atoms with Crippen LogP contribution in [0.5, 0.6) is 0 Å². The van der Waals surface area contributed by atoms with Crippen LogP contribution in [0, 0.1) is 0 Å². The highest BCUT2D eigenvalue weighted by Gasteiger charge is 2.22. The molecule has 3 heterocycles. The van der Waals surface area contributed by atoms with E-state index < -0.39 is 0 Å². The molecule has 0 unspecified atom stereocenters. The second kappa shape index (κ2) is 13.5. The molecule has 11 aromatic rings. The zero-order chi connectivity index (χ0) is 37.7. The highest BCUT2D eigenvalue weighted by molar-refractivity contribution is 6.06. The molecule has 0 N–H and O–H groups in total. The van der Waals surface area contributed by atoms with E-state index in [1.165, 1.54) is 0 Å². The molecule has 3 aromatic heterocycles. The first-order chi connectivity index (χ1) is 28.3. The minimum absolute atomic E-state index is 0.605. The lowest BCUT2D eigenvalue weighted by atomic mass is 10.0. The summed E-state index contributed by atoms with van der Waals surface area (Å²) in [4.78, 5) is 25.9. The molecule has 6 nitrogen and oxygen atoms in total. The SMILES string of the molecule is c1ccc(-c2nc(-c3ccccc3)n3c(-c4ccc(-c5nc(-c6cccc7ccccc67)nc(-c6cccc7ccccc67)n5)cc4)c4ccccc4c3n2)cc1. The Hall–Kier alpha value is -7.83. The summed E-state index contributed by atoms with van der Waals surface area (Å²) in [6.45, 7) is 0. The van der Waals surface area contributed by atoms with Gasteiger partial charge in [0.05, 0.1) is 5.69 Å². The largest absolute Gasteiger partial charge is 0.277 e. The van der Waals surface area contributed by atoms with Crippen molar-refractivity contribution in [3.63, 3.8) is 0 Å². The molecule has 266 valence electrons. The molecule has 0 fully saturated rings. The molecule has 11 rings (SSSR count). The fraction of sp³-hybridized carbons (Fsp3) is 0. The summed E-state index contributed by atoms with van der Waals surface area (Å²) in [5, 5.41) is 6.61. The van der Waals surface area contributed by atoms with Gasteiger partial charge >= 0.3 is 0 Å². The summed E-state index contributed by atoms with van der Waals surface area (Å²) in [6.07, 6.45) is 0. The van der Waals surface area contributed by atoms with Crippen LogP contribution in [0.2, 0.25) is 0 Å². The van der Waals surface area contributed by atoms with Crippen LogP contribution in [0.4, 0.5) is 0 Å². The third kappa shape index (κ3) is 5.62. The standard InChI is InChI=1S/C51H32N6/c1-3-17-36(18-4-1)47-55-50(38-19-5-2-6-20-38)57-45(41-25-11-12-26-44(41)51(57)56-47)35-29-31-37(32-30-35)46-52-48(42-27-13-21-33-15-7-9-23-39(33)42)54-49(53-46)43-28-14-22-34-16-8-10-24-40(34)43/h1-32H. The Balaban J connectivity index is 1.11. The van der Waals surface area contributed by atoms with Crippen LogP contribution in [-0.4, -0.2) is 29.3 Å². The summed E-state index contributed by atoms with van der Waals surface area (Å²) < 4.78 is 2.21. The van der Waals surface area contributed by atoms with Crippen LogP contribution in [0.25, 0.3) is 106 Å². The van der Waals surface area contributed by atoms with Crippen molar-refractivity contribution in [1.82, 2.24) is 29.3 Å². The fourth-order valence-electron chi connectivity index (χ4n) is 7.97. The minimum atomic E-state index is 0.605. The summed E-state index contributed by atoms with van der Waals surface area (Å²) in [5.74, 6) is 3.38. The second-order valence-electron chi connectivity index (χ2n) is 14.1. The van der Waals surface area contributed by atoms with Crippen molar-refractivity contribution in [1.29, 1.82) is 0 Å². The van der Waals surface area contributed by atoms with Gasteiger partial charge in [-0.3, -0.25) is 4.40 Å². The van der Waals surface area contributed by atoms with Gasteiger partial charge < -0.3 is 0 Å². The first-order valence-electron chi connectivity index (χ1n) is 19.0. The van der Waals surface area contributed by atoms with Crippen molar-refractivity contribution in [2.45, 2.75) is 0 Å². The van der Waals surface area contributed by atoms with Gasteiger partial charge in [-0.25, -0.2) is 24.9 Å². The average molecular weight is 729 g/mol. The van der Waals surface area contributed by atoms with Gasteiger partial charge in [-0.15, -0.1) is 0 Å². The Morgan fingerprint density at radius 1 is 0.281 bits per heavy atom. The third-order valence-corrected chi connectivity index (χ3v) is 10.7. The maximum Gasteiger partial charge on any atom is 0.164 e. The highest BCUT2D eigenvalue weighted by atomic mass is 15.1. The summed E-state index contributed by atoms with van der Waals surface area (Å²) in [5.41, 5.74) is 7.70. The monoisotopic (exact) mass is 728 g/mol. The van der Waals surface area contributed by atoms with Crippen LogP contribution in [-0.2, 0) is 0 Å². The molecule has 0 amide bonds. The molecule has 0 atom stereocenters. The van der Waals surface area contributed by atoms with Crippen molar-refractivity contribution in [3.05, 3.63) is 194 Å². The maximum atomic E-state index is 5.23. The summed E-state index contributed by atoms with van der Waals surface area (Å²) in [7, 11) is 0. The molecule has 0 saturated heterocycles. The van der Waals surface area contributed by atoms with E-state index in [2.05, 4.69) is 174 Å². The van der Waals surface area contributed by atoms with E-state index in [4.69, 9.17) is 24.9 Å². The van der Waals surface area contributed by atoms with Gasteiger partial charge in [0.2, 0.25) is 0 Å². The average Bonchev–Trinajstić information content (AvgIpc) is 3.63. The molecule has 0 radical (unpaired) electrons. The number of rotatable bonds is 6. The normalized spacial score (nSPS) is 11.5. The Morgan fingerprint density at radius 2 is 0.719 bits per heavy atom. The van der Waals surface area contributed by atoms with Crippen molar-refractivity contribution < 1.29 is 0 Å². The van der Waals surface area contributed by atoms with Crippen molar-refractivity contribution in [3.8, 4) is 68.2 Å². The van der Waals surface area contributed by atoms with E-state index >= 15 is 0 Å². The lowest BCUT2D eigenvalue weighted by Gasteiger charge is -2.13. The zero-order valence-corrected chi connectivity index (χ0v) is 30.7. The van der Waals surface area contributed by atoms with E-state index in [1.807, 2.05) is 24.3 Å². The van der Waals surface area contributed by atoms with Crippen molar-refractivity contribution in [2.24, 2.45) is 0 Å². The van der Waals surface area contributed by atoms with Crippen LogP contribution >= 0.6 is 0 Å². The van der Waals surface area contributed by atoms with Gasteiger partial charge in [0.25, 0.3) is 0 Å². The lowest BCUT2D eigenvalue weighted by molar-refractivity contribution is 1.05. The van der Waals surface area contributed by atoms with Gasteiger partial charge in [0.1, 0.15) is 11.5 Å². The van der Waals surface area contributed by atoms with Gasteiger partial charge in [0, 0.05) is 38.6 Å². The first-order valence-corrected chi connectivity index (χ1v) is 19.0. The van der Waals surface area contributed by atoms with Crippen molar-refractivity contribution >= 4 is 38.0 Å². The van der Waals surface area contributed by atoms with E-state index in [1.54, 1.807) is 0 Å². The number of fused-ring (bicyclic) bond motifs is 5. The lowest BCUT2D eigenvalue weighted by Crippen LogP contribution is -2.03. The molecule has 0 aliphatic carbocycles. The van der Waals surface area contributed by atoms with Gasteiger partial charge in [0.15, 0.2) is 23.3 Å². The molecule has 57 heavy (non-hydrogen) atoms. The van der Waals surface area contributed by atoms with E-state index in [9.17, 15) is 0 Å². The fourth-order valence-corrected chi connectivity index (χ4v) is 7.97. The molecular weight excluding hydrogens is 697 g/mol. The van der Waals surface area contributed by atoms with Crippen LogP contribution in [0.1, 0.15) is 0 Å². The van der Waals surface area contributed by atoms with Crippen LogP contribution in [0.15, 0.2) is 194 Å². The molecule has 0 aliphatic heterocycles. The predicted molar refractivity (Wildman–Crippen MR) is 232 cm³/mol. The number of benzene rings is 8. The predicted octanol–water partition coefficient (Wildman–Crippen LogP) is 12.4. The van der Waals surface area contributed by atoms with E-state index in [-0.39, 0.29) is 0 Å². The van der Waals surface area contributed by atoms with Gasteiger partial charge in [-0.05, 0) is 27.1 Å². The number of aromatic nitrogens is 6. The van der Waals surface area contributed by atoms with E-state index in [0.717, 1.165) is 82.9 Å². The Morgan fingerprint density at radius 3 is 1.33 bits per heavy atom. The Labute approximate surface area is 328 Å². The molecule has 6 heteroatoms. The second-order valence-corrected chi connectivity index (χ2v) is 14.1. The van der Waals surface area contributed by atoms with Crippen LogP contribution < -0.4 is 0 Å². The molecule has 8 aromatic carbocycles. The number of hydrogen-bond donors (Lipinski definition) is 0. The molecule has 0 spiro atoms. The smallest absolute Gasteiger partial charge is 0.164 e. The van der Waals surface area contributed by atoms with Crippen molar-refractivity contribution in [2.75, 3.05) is 0 Å². The molecule has 0 aliphatic rings. The zero-order valence-electron chi connectivity index (χ0n) is 30.7. The Bertz CT molecular complexity index is 3170. The first kappa shape index (κ1) is 32.6. The molecule has 0 saturated carbocycles. The van der Waals surface area contributed by atoms with Crippen LogP contribution in [0.3, 0.4) is 0 Å². The summed E-state index contributed by atoms with van der Waals surface area (Å²) >= 11 is 0. The molecular formula is C51H32N6.